The van der Waals surface area contributed by atoms with E-state index in [1.54, 1.807) is 23.5 Å². The summed E-state index contributed by atoms with van der Waals surface area (Å²) in [6.07, 6.45) is 0. The number of thiophene rings is 1. The SMILES string of the molecule is Cc1cc2c(NCc3ccc(C(N)=O)cc3)nc(Cl)nc2s1. The predicted octanol–water partition coefficient (Wildman–Crippen LogP) is 3.36. The van der Waals surface area contributed by atoms with E-state index in [1.807, 2.05) is 25.1 Å². The van der Waals surface area contributed by atoms with E-state index in [4.69, 9.17) is 17.3 Å². The standard InChI is InChI=1S/C15H13ClN4OS/c1-8-6-11-13(19-15(16)20-14(11)22-8)18-7-9-2-4-10(5-3-9)12(17)21/h2-6H,7H2,1H3,(H2,17,21)(H,18,19,20). The molecule has 3 aromatic rings. The molecule has 0 radical (unpaired) electrons. The van der Waals surface area contributed by atoms with Gasteiger partial charge in [0.15, 0.2) is 0 Å². The van der Waals surface area contributed by atoms with Gasteiger partial charge in [-0.2, -0.15) is 0 Å². The van der Waals surface area contributed by atoms with Crippen molar-refractivity contribution in [3.05, 3.63) is 51.6 Å². The largest absolute Gasteiger partial charge is 0.366 e. The third kappa shape index (κ3) is 3.03. The highest BCUT2D eigenvalue weighted by Crippen LogP contribution is 2.29. The molecule has 7 heteroatoms. The van der Waals surface area contributed by atoms with Crippen LogP contribution in [0.25, 0.3) is 10.2 Å². The van der Waals surface area contributed by atoms with Crippen molar-refractivity contribution in [2.24, 2.45) is 5.73 Å². The van der Waals surface area contributed by atoms with Crippen molar-refractivity contribution in [3.63, 3.8) is 0 Å². The first kappa shape index (κ1) is 14.7. The monoisotopic (exact) mass is 332 g/mol. The highest BCUT2D eigenvalue weighted by molar-refractivity contribution is 7.18. The van der Waals surface area contributed by atoms with Crippen molar-refractivity contribution in [2.75, 3.05) is 5.32 Å². The second-order valence-electron chi connectivity index (χ2n) is 4.83. The van der Waals surface area contributed by atoms with Gasteiger partial charge in [0.2, 0.25) is 11.2 Å². The summed E-state index contributed by atoms with van der Waals surface area (Å²) in [5.41, 5.74) is 6.73. The topological polar surface area (TPSA) is 80.9 Å². The molecule has 0 atom stereocenters. The molecule has 0 saturated heterocycles. The Hall–Kier alpha value is -2.18. The molecular weight excluding hydrogens is 320 g/mol. The molecule has 0 spiro atoms. The highest BCUT2D eigenvalue weighted by Gasteiger charge is 2.09. The number of hydrogen-bond donors (Lipinski definition) is 2. The number of aromatic nitrogens is 2. The van der Waals surface area contributed by atoms with E-state index in [0.717, 1.165) is 20.7 Å². The van der Waals surface area contributed by atoms with Crippen LogP contribution in [0.15, 0.2) is 30.3 Å². The number of aryl methyl sites for hydroxylation is 1. The minimum atomic E-state index is -0.433. The van der Waals surface area contributed by atoms with Gasteiger partial charge in [0.1, 0.15) is 10.6 Å². The lowest BCUT2D eigenvalue weighted by Crippen LogP contribution is -2.11. The highest BCUT2D eigenvalue weighted by atomic mass is 35.5. The minimum absolute atomic E-state index is 0.223. The fourth-order valence-electron chi connectivity index (χ4n) is 2.12. The Labute approximate surface area is 136 Å². The number of carbonyl (C=O) groups excluding carboxylic acids is 1. The Morgan fingerprint density at radius 1 is 1.32 bits per heavy atom. The fraction of sp³-hybridized carbons (Fsp3) is 0.133. The van der Waals surface area contributed by atoms with Gasteiger partial charge in [0, 0.05) is 17.0 Å². The van der Waals surface area contributed by atoms with Crippen molar-refractivity contribution >= 4 is 44.9 Å². The minimum Gasteiger partial charge on any atom is -0.366 e. The third-order valence-corrected chi connectivity index (χ3v) is 4.30. The van der Waals surface area contributed by atoms with Gasteiger partial charge in [0.25, 0.3) is 0 Å². The van der Waals surface area contributed by atoms with E-state index in [0.29, 0.717) is 17.9 Å². The van der Waals surface area contributed by atoms with Crippen LogP contribution >= 0.6 is 22.9 Å². The van der Waals surface area contributed by atoms with Crippen LogP contribution in [0, 0.1) is 6.92 Å². The van der Waals surface area contributed by atoms with Crippen LogP contribution in [0.4, 0.5) is 5.82 Å². The fourth-order valence-corrected chi connectivity index (χ4v) is 3.22. The molecule has 0 fully saturated rings. The first-order valence-electron chi connectivity index (χ1n) is 6.59. The molecule has 0 aliphatic rings. The predicted molar refractivity (Wildman–Crippen MR) is 89.4 cm³/mol. The van der Waals surface area contributed by atoms with Crippen molar-refractivity contribution in [2.45, 2.75) is 13.5 Å². The van der Waals surface area contributed by atoms with Crippen molar-refractivity contribution in [1.29, 1.82) is 0 Å². The van der Waals surface area contributed by atoms with Gasteiger partial charge < -0.3 is 11.1 Å². The van der Waals surface area contributed by atoms with Crippen LogP contribution in [-0.4, -0.2) is 15.9 Å². The number of hydrogen-bond acceptors (Lipinski definition) is 5. The van der Waals surface area contributed by atoms with Crippen molar-refractivity contribution in [1.82, 2.24) is 9.97 Å². The van der Waals surface area contributed by atoms with Crippen LogP contribution in [0.1, 0.15) is 20.8 Å². The molecule has 0 bridgehead atoms. The zero-order valence-corrected chi connectivity index (χ0v) is 13.3. The van der Waals surface area contributed by atoms with Gasteiger partial charge in [-0.15, -0.1) is 11.3 Å². The smallest absolute Gasteiger partial charge is 0.248 e. The Bertz CT molecular complexity index is 845. The molecule has 5 nitrogen and oxygen atoms in total. The zero-order valence-electron chi connectivity index (χ0n) is 11.8. The molecule has 0 aliphatic heterocycles. The lowest BCUT2D eigenvalue weighted by Gasteiger charge is -2.07. The van der Waals surface area contributed by atoms with E-state index >= 15 is 0 Å². The Kier molecular flexibility index (Phi) is 3.96. The number of primary amides is 1. The zero-order chi connectivity index (χ0) is 15.7. The van der Waals surface area contributed by atoms with Crippen LogP contribution in [0.2, 0.25) is 5.28 Å². The summed E-state index contributed by atoms with van der Waals surface area (Å²) >= 11 is 7.54. The van der Waals surface area contributed by atoms with Gasteiger partial charge >= 0.3 is 0 Å². The molecule has 1 aromatic carbocycles. The molecule has 3 N–H and O–H groups in total. The molecule has 3 rings (SSSR count). The lowest BCUT2D eigenvalue weighted by molar-refractivity contribution is 0.100. The van der Waals surface area contributed by atoms with E-state index < -0.39 is 5.91 Å². The number of nitrogens with one attached hydrogen (secondary N) is 1. The number of nitrogens with zero attached hydrogens (tertiary/aromatic N) is 2. The molecule has 0 saturated carbocycles. The molecule has 22 heavy (non-hydrogen) atoms. The van der Waals surface area contributed by atoms with Gasteiger partial charge in [-0.1, -0.05) is 12.1 Å². The van der Waals surface area contributed by atoms with Gasteiger partial charge in [-0.3, -0.25) is 4.79 Å². The summed E-state index contributed by atoms with van der Waals surface area (Å²) in [5, 5.41) is 4.44. The van der Waals surface area contributed by atoms with Crippen LogP contribution in [0.5, 0.6) is 0 Å². The van der Waals surface area contributed by atoms with E-state index in [9.17, 15) is 4.79 Å². The number of anilines is 1. The summed E-state index contributed by atoms with van der Waals surface area (Å²) in [6.45, 7) is 2.59. The first-order chi connectivity index (χ1) is 10.5. The van der Waals surface area contributed by atoms with Gasteiger partial charge in [0.05, 0.1) is 5.39 Å². The lowest BCUT2D eigenvalue weighted by atomic mass is 10.1. The second-order valence-corrected chi connectivity index (χ2v) is 6.40. The molecule has 1 amide bonds. The summed E-state index contributed by atoms with van der Waals surface area (Å²) in [4.78, 5) is 21.5. The summed E-state index contributed by atoms with van der Waals surface area (Å²) < 4.78 is 0. The van der Waals surface area contributed by atoms with Crippen molar-refractivity contribution in [3.8, 4) is 0 Å². The molecule has 112 valence electrons. The molecule has 2 heterocycles. The normalized spacial score (nSPS) is 10.8. The molecule has 2 aromatic heterocycles. The van der Waals surface area contributed by atoms with Crippen LogP contribution < -0.4 is 11.1 Å². The van der Waals surface area contributed by atoms with Gasteiger partial charge in [-0.05, 0) is 42.3 Å². The third-order valence-electron chi connectivity index (χ3n) is 3.19. The number of benzene rings is 1. The van der Waals surface area contributed by atoms with E-state index in [2.05, 4.69) is 15.3 Å². The van der Waals surface area contributed by atoms with E-state index in [1.165, 1.54) is 0 Å². The van der Waals surface area contributed by atoms with Gasteiger partial charge in [-0.25, -0.2) is 9.97 Å². The molecule has 0 aliphatic carbocycles. The Morgan fingerprint density at radius 2 is 2.05 bits per heavy atom. The summed E-state index contributed by atoms with van der Waals surface area (Å²) in [7, 11) is 0. The molecule has 0 unspecified atom stereocenters. The quantitative estimate of drug-likeness (QED) is 0.718. The van der Waals surface area contributed by atoms with Crippen LogP contribution in [-0.2, 0) is 6.54 Å². The number of nitrogens with two attached hydrogens (primary N) is 1. The maximum absolute atomic E-state index is 11.1. The van der Waals surface area contributed by atoms with Crippen molar-refractivity contribution < 1.29 is 4.79 Å². The number of halogens is 1. The van der Waals surface area contributed by atoms with Crippen LogP contribution in [0.3, 0.4) is 0 Å². The maximum atomic E-state index is 11.1. The second kappa shape index (κ2) is 5.90. The number of rotatable bonds is 4. The average Bonchev–Trinajstić information content (AvgIpc) is 2.85. The number of amides is 1. The van der Waals surface area contributed by atoms with E-state index in [-0.39, 0.29) is 5.28 Å². The number of carbonyl (C=O) groups is 1. The number of fused-ring (bicyclic) bond motifs is 1. The summed E-state index contributed by atoms with van der Waals surface area (Å²) in [5.74, 6) is 0.274. The Balaban J connectivity index is 1.83. The summed E-state index contributed by atoms with van der Waals surface area (Å²) in [6, 6.07) is 9.15. The molecular formula is C15H13ClN4OS. The Morgan fingerprint density at radius 3 is 2.73 bits per heavy atom. The average molecular weight is 333 g/mol. The first-order valence-corrected chi connectivity index (χ1v) is 7.78. The maximum Gasteiger partial charge on any atom is 0.248 e.